The Bertz CT molecular complexity index is 341. The third-order valence-corrected chi connectivity index (χ3v) is 2.26. The molecule has 0 amide bonds. The first-order valence-electron chi connectivity index (χ1n) is 4.13. The van der Waals surface area contributed by atoms with Crippen LogP contribution in [0.15, 0.2) is 18.2 Å². The largest absolute Gasteiger partial charge is 0.301 e. The van der Waals surface area contributed by atoms with E-state index in [1.54, 1.807) is 25.1 Å². The second kappa shape index (κ2) is 4.53. The van der Waals surface area contributed by atoms with Crippen molar-refractivity contribution in [1.82, 2.24) is 4.90 Å². The summed E-state index contributed by atoms with van der Waals surface area (Å²) in [4.78, 5) is 12.5. The fourth-order valence-electron chi connectivity index (χ4n) is 1.19. The molecule has 1 unspecified atom stereocenters. The van der Waals surface area contributed by atoms with E-state index in [1.807, 2.05) is 0 Å². The Hall–Kier alpha value is -0.930. The highest BCUT2D eigenvalue weighted by Gasteiger charge is 2.13. The zero-order valence-electron chi connectivity index (χ0n) is 8.00. The smallest absolute Gasteiger partial charge is 0.141 e. The first-order chi connectivity index (χ1) is 6.56. The summed E-state index contributed by atoms with van der Waals surface area (Å²) in [5.74, 6) is -0.473. The first kappa shape index (κ1) is 11.1. The SMILES string of the molecule is CN(C)C(C=O)c1ccc(F)c(Cl)c1. The van der Waals surface area contributed by atoms with Crippen LogP contribution in [0.5, 0.6) is 0 Å². The monoisotopic (exact) mass is 215 g/mol. The van der Waals surface area contributed by atoms with E-state index in [-0.39, 0.29) is 11.1 Å². The molecule has 0 saturated carbocycles. The molecule has 0 aliphatic heterocycles. The fraction of sp³-hybridized carbons (Fsp3) is 0.300. The van der Waals surface area contributed by atoms with Gasteiger partial charge in [0.1, 0.15) is 12.1 Å². The van der Waals surface area contributed by atoms with Crippen LogP contribution in [0.1, 0.15) is 11.6 Å². The standard InChI is InChI=1S/C10H11ClFNO/c1-13(2)10(6-14)7-3-4-9(12)8(11)5-7/h3-6,10H,1-2H3. The lowest BCUT2D eigenvalue weighted by molar-refractivity contribution is -0.111. The zero-order chi connectivity index (χ0) is 10.7. The van der Waals surface area contributed by atoms with Crippen molar-refractivity contribution in [3.8, 4) is 0 Å². The predicted molar refractivity (Wildman–Crippen MR) is 53.9 cm³/mol. The van der Waals surface area contributed by atoms with Crippen LogP contribution >= 0.6 is 11.6 Å². The van der Waals surface area contributed by atoms with Crippen LogP contribution in [0, 0.1) is 5.82 Å². The lowest BCUT2D eigenvalue weighted by Crippen LogP contribution is -2.21. The van der Waals surface area contributed by atoms with Crippen molar-refractivity contribution in [2.24, 2.45) is 0 Å². The van der Waals surface area contributed by atoms with Gasteiger partial charge in [-0.15, -0.1) is 0 Å². The second-order valence-corrected chi connectivity index (χ2v) is 3.63. The number of aldehydes is 1. The Kier molecular flexibility index (Phi) is 3.61. The van der Waals surface area contributed by atoms with Gasteiger partial charge >= 0.3 is 0 Å². The summed E-state index contributed by atoms with van der Waals surface area (Å²) in [5, 5.41) is 0.0381. The second-order valence-electron chi connectivity index (χ2n) is 3.22. The quantitative estimate of drug-likeness (QED) is 0.721. The summed E-state index contributed by atoms with van der Waals surface area (Å²) in [6, 6.07) is 3.90. The van der Waals surface area contributed by atoms with E-state index in [0.29, 0.717) is 5.56 Å². The highest BCUT2D eigenvalue weighted by Crippen LogP contribution is 2.22. The van der Waals surface area contributed by atoms with Gasteiger partial charge in [-0.2, -0.15) is 0 Å². The Balaban J connectivity index is 3.05. The Morgan fingerprint density at radius 1 is 1.50 bits per heavy atom. The van der Waals surface area contributed by atoms with Gasteiger partial charge < -0.3 is 4.79 Å². The van der Waals surface area contributed by atoms with Gasteiger partial charge in [0.05, 0.1) is 11.1 Å². The number of likely N-dealkylation sites (N-methyl/N-ethyl adjacent to an activating group) is 1. The highest BCUT2D eigenvalue weighted by atomic mass is 35.5. The molecular weight excluding hydrogens is 205 g/mol. The van der Waals surface area contributed by atoms with E-state index in [1.165, 1.54) is 12.1 Å². The molecule has 0 aromatic heterocycles. The van der Waals surface area contributed by atoms with Crippen LogP contribution in [0.4, 0.5) is 4.39 Å². The van der Waals surface area contributed by atoms with Crippen LogP contribution in [0.3, 0.4) is 0 Å². The van der Waals surface area contributed by atoms with Crippen LogP contribution in [-0.2, 0) is 4.79 Å². The maximum atomic E-state index is 12.8. The summed E-state index contributed by atoms with van der Waals surface area (Å²) >= 11 is 5.61. The van der Waals surface area contributed by atoms with Crippen molar-refractivity contribution < 1.29 is 9.18 Å². The average molecular weight is 216 g/mol. The third-order valence-electron chi connectivity index (χ3n) is 1.97. The normalized spacial score (nSPS) is 12.9. The lowest BCUT2D eigenvalue weighted by Gasteiger charge is -2.18. The van der Waals surface area contributed by atoms with E-state index in [2.05, 4.69) is 0 Å². The van der Waals surface area contributed by atoms with Gasteiger partial charge in [0.25, 0.3) is 0 Å². The molecule has 0 spiro atoms. The van der Waals surface area contributed by atoms with Gasteiger partial charge in [-0.1, -0.05) is 17.7 Å². The molecule has 4 heteroatoms. The number of hydrogen-bond acceptors (Lipinski definition) is 2. The summed E-state index contributed by atoms with van der Waals surface area (Å²) in [7, 11) is 3.55. The Morgan fingerprint density at radius 3 is 2.57 bits per heavy atom. The van der Waals surface area contributed by atoms with Crippen molar-refractivity contribution in [2.45, 2.75) is 6.04 Å². The molecule has 0 heterocycles. The number of nitrogens with zero attached hydrogens (tertiary/aromatic N) is 1. The summed E-state index contributed by atoms with van der Waals surface area (Å²) in [5.41, 5.74) is 0.691. The van der Waals surface area contributed by atoms with Gasteiger partial charge in [0.15, 0.2) is 0 Å². The average Bonchev–Trinajstić information content (AvgIpc) is 2.11. The minimum absolute atomic E-state index is 0.0381. The van der Waals surface area contributed by atoms with E-state index in [4.69, 9.17) is 11.6 Å². The molecule has 1 atom stereocenters. The lowest BCUT2D eigenvalue weighted by atomic mass is 10.1. The minimum Gasteiger partial charge on any atom is -0.301 e. The van der Waals surface area contributed by atoms with Crippen LogP contribution in [-0.4, -0.2) is 25.3 Å². The molecule has 2 nitrogen and oxygen atoms in total. The van der Waals surface area contributed by atoms with Gasteiger partial charge in [-0.3, -0.25) is 4.90 Å². The molecule has 1 aromatic rings. The van der Waals surface area contributed by atoms with Gasteiger partial charge in [0, 0.05) is 0 Å². The topological polar surface area (TPSA) is 20.3 Å². The van der Waals surface area contributed by atoms with Crippen molar-refractivity contribution in [2.75, 3.05) is 14.1 Å². The molecule has 0 bridgehead atoms. The van der Waals surface area contributed by atoms with Crippen molar-refractivity contribution in [3.05, 3.63) is 34.6 Å². The highest BCUT2D eigenvalue weighted by molar-refractivity contribution is 6.30. The molecule has 0 fully saturated rings. The molecule has 0 radical (unpaired) electrons. The number of hydrogen-bond donors (Lipinski definition) is 0. The van der Waals surface area contributed by atoms with Gasteiger partial charge in [-0.05, 0) is 31.8 Å². The third kappa shape index (κ3) is 2.30. The molecule has 0 aliphatic rings. The number of carbonyl (C=O) groups excluding carboxylic acids is 1. The van der Waals surface area contributed by atoms with Crippen molar-refractivity contribution >= 4 is 17.9 Å². The molecule has 1 rings (SSSR count). The summed E-state index contributed by atoms with van der Waals surface area (Å²) in [6.07, 6.45) is 0.795. The van der Waals surface area contributed by atoms with Gasteiger partial charge in [0.2, 0.25) is 0 Å². The fourth-order valence-corrected chi connectivity index (χ4v) is 1.38. The zero-order valence-corrected chi connectivity index (χ0v) is 8.75. The molecule has 14 heavy (non-hydrogen) atoms. The first-order valence-corrected chi connectivity index (χ1v) is 4.50. The van der Waals surface area contributed by atoms with Crippen LogP contribution < -0.4 is 0 Å². The Morgan fingerprint density at radius 2 is 2.14 bits per heavy atom. The number of rotatable bonds is 3. The Labute approximate surface area is 87.3 Å². The van der Waals surface area contributed by atoms with Crippen molar-refractivity contribution in [3.63, 3.8) is 0 Å². The molecule has 0 aliphatic carbocycles. The molecule has 0 saturated heterocycles. The number of carbonyl (C=O) groups is 1. The number of benzene rings is 1. The molecule has 0 N–H and O–H groups in total. The van der Waals surface area contributed by atoms with E-state index >= 15 is 0 Å². The minimum atomic E-state index is -0.473. The van der Waals surface area contributed by atoms with E-state index in [9.17, 15) is 9.18 Å². The molecular formula is C10H11ClFNO. The number of halogens is 2. The molecule has 1 aromatic carbocycles. The van der Waals surface area contributed by atoms with Crippen molar-refractivity contribution in [1.29, 1.82) is 0 Å². The summed E-state index contributed by atoms with van der Waals surface area (Å²) < 4.78 is 12.8. The summed E-state index contributed by atoms with van der Waals surface area (Å²) in [6.45, 7) is 0. The predicted octanol–water partition coefficient (Wildman–Crippen LogP) is 2.28. The molecule has 76 valence electrons. The van der Waals surface area contributed by atoms with E-state index < -0.39 is 5.82 Å². The van der Waals surface area contributed by atoms with Gasteiger partial charge in [-0.25, -0.2) is 4.39 Å². The van der Waals surface area contributed by atoms with E-state index in [0.717, 1.165) is 6.29 Å². The van der Waals surface area contributed by atoms with Crippen LogP contribution in [0.25, 0.3) is 0 Å². The van der Waals surface area contributed by atoms with Crippen LogP contribution in [0.2, 0.25) is 5.02 Å². The maximum Gasteiger partial charge on any atom is 0.141 e. The maximum absolute atomic E-state index is 12.8.